The van der Waals surface area contributed by atoms with Gasteiger partial charge >= 0.3 is 0 Å². The molecule has 1 N–H and O–H groups in total. The van der Waals surface area contributed by atoms with Crippen molar-refractivity contribution in [2.75, 3.05) is 39.1 Å². The molecule has 3 rings (SSSR count). The number of hydrogen-bond donors (Lipinski definition) is 1. The van der Waals surface area contributed by atoms with Crippen molar-refractivity contribution in [2.45, 2.75) is 38.3 Å². The van der Waals surface area contributed by atoms with Gasteiger partial charge in [-0.05, 0) is 32.7 Å². The Balaban J connectivity index is 1.62. The van der Waals surface area contributed by atoms with Crippen LogP contribution in [-0.2, 0) is 11.3 Å². The average molecular weight is 345 g/mol. The third-order valence-electron chi connectivity index (χ3n) is 5.01. The van der Waals surface area contributed by atoms with Gasteiger partial charge in [0.2, 0.25) is 11.9 Å². The highest BCUT2D eigenvalue weighted by Gasteiger charge is 2.30. The lowest BCUT2D eigenvalue weighted by atomic mass is 10.2. The van der Waals surface area contributed by atoms with E-state index >= 15 is 0 Å². The maximum atomic E-state index is 12.5. The second-order valence-corrected chi connectivity index (χ2v) is 7.19. The molecule has 0 aromatic carbocycles. The molecule has 7 heteroatoms. The average Bonchev–Trinajstić information content (AvgIpc) is 3.25. The van der Waals surface area contributed by atoms with Crippen LogP contribution in [-0.4, -0.2) is 65.9 Å². The zero-order valence-corrected chi connectivity index (χ0v) is 15.3. The van der Waals surface area contributed by atoms with Gasteiger partial charge in [-0.1, -0.05) is 6.08 Å². The number of hydrogen-bond acceptors (Lipinski definition) is 5. The first-order chi connectivity index (χ1) is 11.9. The summed E-state index contributed by atoms with van der Waals surface area (Å²) < 4.78 is 0. The minimum Gasteiger partial charge on any atom is -0.348 e. The minimum atomic E-state index is -0.140. The number of amides is 1. The van der Waals surface area contributed by atoms with E-state index in [0.717, 1.165) is 50.0 Å². The number of nitrogens with zero attached hydrogens (tertiary/aromatic N) is 4. The number of H-pyrrole nitrogens is 1. The molecule has 0 saturated carbocycles. The lowest BCUT2D eigenvalue weighted by Crippen LogP contribution is -2.37. The Morgan fingerprint density at radius 2 is 2.20 bits per heavy atom. The molecule has 2 heterocycles. The van der Waals surface area contributed by atoms with Gasteiger partial charge in [0.25, 0.3) is 5.56 Å². The number of anilines is 1. The lowest BCUT2D eigenvalue weighted by Gasteiger charge is -2.25. The zero-order chi connectivity index (χ0) is 18.0. The summed E-state index contributed by atoms with van der Waals surface area (Å²) >= 11 is 0. The number of allylic oxidation sites excluding steroid dienone is 1. The van der Waals surface area contributed by atoms with Crippen molar-refractivity contribution in [3.63, 3.8) is 0 Å². The van der Waals surface area contributed by atoms with Gasteiger partial charge in [-0.25, -0.2) is 4.98 Å². The molecular weight excluding hydrogens is 318 g/mol. The third kappa shape index (κ3) is 4.10. The van der Waals surface area contributed by atoms with Crippen molar-refractivity contribution in [1.29, 1.82) is 0 Å². The van der Waals surface area contributed by atoms with E-state index in [4.69, 9.17) is 0 Å². The fraction of sp³-hybridized carbons (Fsp3) is 0.611. The SMILES string of the molecule is CN(C)c1nc(CN(C)C2CCN(C(=O)C3=CCCC3)C2)cc(=O)[nH]1. The number of likely N-dealkylation sites (N-methyl/N-ethyl adjacent to an activating group) is 1. The van der Waals surface area contributed by atoms with E-state index < -0.39 is 0 Å². The Hall–Kier alpha value is -2.15. The normalized spacial score (nSPS) is 20.2. The summed E-state index contributed by atoms with van der Waals surface area (Å²) in [6.45, 7) is 2.15. The smallest absolute Gasteiger partial charge is 0.252 e. The van der Waals surface area contributed by atoms with Crippen LogP contribution < -0.4 is 10.5 Å². The first kappa shape index (κ1) is 17.7. The molecule has 0 spiro atoms. The predicted molar refractivity (Wildman–Crippen MR) is 97.6 cm³/mol. The van der Waals surface area contributed by atoms with Crippen molar-refractivity contribution >= 4 is 11.9 Å². The Kier molecular flexibility index (Phi) is 5.22. The Labute approximate surface area is 148 Å². The number of carbonyl (C=O) groups is 1. The molecule has 1 unspecified atom stereocenters. The molecule has 136 valence electrons. The maximum absolute atomic E-state index is 12.5. The first-order valence-electron chi connectivity index (χ1n) is 8.90. The monoisotopic (exact) mass is 345 g/mol. The zero-order valence-electron chi connectivity index (χ0n) is 15.3. The fourth-order valence-corrected chi connectivity index (χ4v) is 3.53. The van der Waals surface area contributed by atoms with E-state index in [1.54, 1.807) is 11.0 Å². The summed E-state index contributed by atoms with van der Waals surface area (Å²) in [4.78, 5) is 37.5. The van der Waals surface area contributed by atoms with Crippen LogP contribution in [0.4, 0.5) is 5.95 Å². The van der Waals surface area contributed by atoms with E-state index in [0.29, 0.717) is 18.5 Å². The summed E-state index contributed by atoms with van der Waals surface area (Å²) in [7, 11) is 5.74. The number of likely N-dealkylation sites (tertiary alicyclic amines) is 1. The van der Waals surface area contributed by atoms with Crippen LogP contribution in [0, 0.1) is 0 Å². The standard InChI is InChI=1S/C18H27N5O2/c1-21(2)18-19-14(10-16(24)20-18)11-22(3)15-8-9-23(12-15)17(25)13-6-4-5-7-13/h6,10,15H,4-5,7-9,11-12H2,1-3H3,(H,19,20,24). The van der Waals surface area contributed by atoms with Gasteiger partial charge < -0.3 is 9.80 Å². The van der Waals surface area contributed by atoms with Crippen molar-refractivity contribution in [2.24, 2.45) is 0 Å². The second-order valence-electron chi connectivity index (χ2n) is 7.19. The Morgan fingerprint density at radius 3 is 2.88 bits per heavy atom. The molecule has 1 aliphatic carbocycles. The van der Waals surface area contributed by atoms with Gasteiger partial charge in [-0.2, -0.15) is 0 Å². The van der Waals surface area contributed by atoms with Crippen LogP contribution in [0.2, 0.25) is 0 Å². The van der Waals surface area contributed by atoms with Gasteiger partial charge in [-0.3, -0.25) is 19.5 Å². The molecule has 0 radical (unpaired) electrons. The summed E-state index contributed by atoms with van der Waals surface area (Å²) in [5.41, 5.74) is 1.59. The summed E-state index contributed by atoms with van der Waals surface area (Å²) in [6.07, 6.45) is 6.09. The molecule has 1 saturated heterocycles. The first-order valence-corrected chi connectivity index (χ1v) is 8.90. The van der Waals surface area contributed by atoms with Crippen molar-refractivity contribution < 1.29 is 4.79 Å². The van der Waals surface area contributed by atoms with Gasteiger partial charge in [0.15, 0.2) is 0 Å². The molecule has 2 aliphatic rings. The summed E-state index contributed by atoms with van der Waals surface area (Å²) in [5, 5.41) is 0. The lowest BCUT2D eigenvalue weighted by molar-refractivity contribution is -0.126. The highest BCUT2D eigenvalue weighted by molar-refractivity contribution is 5.94. The number of aromatic nitrogens is 2. The molecule has 1 amide bonds. The molecule has 25 heavy (non-hydrogen) atoms. The van der Waals surface area contributed by atoms with E-state index in [1.807, 2.05) is 26.0 Å². The molecule has 1 aromatic rings. The van der Waals surface area contributed by atoms with Crippen molar-refractivity contribution in [1.82, 2.24) is 19.8 Å². The number of carbonyl (C=O) groups excluding carboxylic acids is 1. The minimum absolute atomic E-state index is 0.140. The summed E-state index contributed by atoms with van der Waals surface area (Å²) in [5.74, 6) is 0.768. The largest absolute Gasteiger partial charge is 0.348 e. The van der Waals surface area contributed by atoms with Crippen LogP contribution in [0.1, 0.15) is 31.4 Å². The molecule has 1 aliphatic heterocycles. The fourth-order valence-electron chi connectivity index (χ4n) is 3.53. The van der Waals surface area contributed by atoms with Gasteiger partial charge in [0.1, 0.15) is 0 Å². The van der Waals surface area contributed by atoms with Crippen LogP contribution in [0.5, 0.6) is 0 Å². The molecule has 1 atom stereocenters. The number of nitrogens with one attached hydrogen (secondary N) is 1. The second kappa shape index (κ2) is 7.39. The molecule has 1 fully saturated rings. The van der Waals surface area contributed by atoms with Crippen LogP contribution in [0.25, 0.3) is 0 Å². The number of rotatable bonds is 5. The van der Waals surface area contributed by atoms with Crippen LogP contribution in [0.3, 0.4) is 0 Å². The number of aromatic amines is 1. The Morgan fingerprint density at radius 1 is 1.40 bits per heavy atom. The van der Waals surface area contributed by atoms with E-state index in [2.05, 4.69) is 20.9 Å². The maximum Gasteiger partial charge on any atom is 0.252 e. The third-order valence-corrected chi connectivity index (χ3v) is 5.01. The topological polar surface area (TPSA) is 72.5 Å². The van der Waals surface area contributed by atoms with Crippen molar-refractivity contribution in [3.8, 4) is 0 Å². The highest BCUT2D eigenvalue weighted by atomic mass is 16.2. The van der Waals surface area contributed by atoms with Crippen LogP contribution >= 0.6 is 0 Å². The van der Waals surface area contributed by atoms with E-state index in [1.165, 1.54) is 0 Å². The highest BCUT2D eigenvalue weighted by Crippen LogP contribution is 2.23. The van der Waals surface area contributed by atoms with Crippen molar-refractivity contribution in [3.05, 3.63) is 33.8 Å². The Bertz CT molecular complexity index is 724. The molecule has 7 nitrogen and oxygen atoms in total. The molecular formula is C18H27N5O2. The molecule has 0 bridgehead atoms. The van der Waals surface area contributed by atoms with Gasteiger partial charge in [0, 0.05) is 51.4 Å². The molecule has 1 aromatic heterocycles. The van der Waals surface area contributed by atoms with Crippen LogP contribution in [0.15, 0.2) is 22.5 Å². The van der Waals surface area contributed by atoms with E-state index in [-0.39, 0.29) is 11.5 Å². The van der Waals surface area contributed by atoms with E-state index in [9.17, 15) is 9.59 Å². The summed E-state index contributed by atoms with van der Waals surface area (Å²) in [6, 6.07) is 1.85. The quantitative estimate of drug-likeness (QED) is 0.861. The predicted octanol–water partition coefficient (Wildman–Crippen LogP) is 0.979. The van der Waals surface area contributed by atoms with Gasteiger partial charge in [0.05, 0.1) is 5.69 Å². The van der Waals surface area contributed by atoms with Gasteiger partial charge in [-0.15, -0.1) is 0 Å².